The molecule has 1 aromatic carbocycles. The average Bonchev–Trinajstić information content (AvgIpc) is 2.97. The minimum atomic E-state index is -0.330. The first-order valence-corrected chi connectivity index (χ1v) is 8.03. The van der Waals surface area contributed by atoms with E-state index >= 15 is 0 Å². The van der Waals surface area contributed by atoms with Gasteiger partial charge in [0.1, 0.15) is 5.82 Å². The van der Waals surface area contributed by atoms with Gasteiger partial charge in [-0.3, -0.25) is 4.79 Å². The predicted octanol–water partition coefficient (Wildman–Crippen LogP) is 2.15. The minimum Gasteiger partial charge on any atom is -0.450 e. The number of hydrogen-bond donors (Lipinski definition) is 1. The predicted molar refractivity (Wildman–Crippen MR) is 87.1 cm³/mol. The molecule has 3 rings (SSSR count). The molecule has 24 heavy (non-hydrogen) atoms. The molecule has 0 atom stereocenters. The highest BCUT2D eigenvalue weighted by Crippen LogP contribution is 2.20. The number of carbonyl (C=O) groups excluding carboxylic acids is 2. The summed E-state index contributed by atoms with van der Waals surface area (Å²) in [5, 5.41) is 0.856. The molecule has 2 amide bonds. The van der Waals surface area contributed by atoms with E-state index in [0.717, 1.165) is 10.9 Å². The molecule has 0 aliphatic carbocycles. The Morgan fingerprint density at radius 1 is 1.21 bits per heavy atom. The molecule has 0 unspecified atom stereocenters. The molecule has 0 bridgehead atoms. The summed E-state index contributed by atoms with van der Waals surface area (Å²) in [5.41, 5.74) is 1.53. The average molecular weight is 333 g/mol. The first-order valence-electron chi connectivity index (χ1n) is 8.03. The van der Waals surface area contributed by atoms with Crippen molar-refractivity contribution in [1.29, 1.82) is 0 Å². The number of H-pyrrole nitrogens is 1. The van der Waals surface area contributed by atoms with E-state index in [1.54, 1.807) is 29.0 Å². The lowest BCUT2D eigenvalue weighted by molar-refractivity contribution is -0.132. The van der Waals surface area contributed by atoms with Crippen molar-refractivity contribution in [3.8, 4) is 0 Å². The molecular weight excluding hydrogens is 313 g/mol. The van der Waals surface area contributed by atoms with Gasteiger partial charge in [-0.05, 0) is 30.7 Å². The number of nitrogens with zero attached hydrogens (tertiary/aromatic N) is 2. The Hall–Kier alpha value is -2.57. The van der Waals surface area contributed by atoms with Crippen LogP contribution in [0.15, 0.2) is 24.4 Å². The number of nitrogens with one attached hydrogen (secondary N) is 1. The van der Waals surface area contributed by atoms with Gasteiger partial charge in [-0.25, -0.2) is 9.18 Å². The molecule has 0 spiro atoms. The van der Waals surface area contributed by atoms with E-state index in [-0.39, 0.29) is 24.2 Å². The van der Waals surface area contributed by atoms with E-state index in [1.807, 2.05) is 0 Å². The number of aromatic nitrogens is 1. The Morgan fingerprint density at radius 3 is 2.62 bits per heavy atom. The number of piperazine rings is 1. The second-order valence-corrected chi connectivity index (χ2v) is 5.75. The minimum absolute atomic E-state index is 0.00346. The van der Waals surface area contributed by atoms with Crippen molar-refractivity contribution in [3.05, 3.63) is 35.8 Å². The first-order chi connectivity index (χ1) is 11.6. The molecule has 6 nitrogen and oxygen atoms in total. The van der Waals surface area contributed by atoms with Crippen LogP contribution in [0.4, 0.5) is 9.18 Å². The summed E-state index contributed by atoms with van der Waals surface area (Å²) in [7, 11) is 0. The smallest absolute Gasteiger partial charge is 0.409 e. The quantitative estimate of drug-likeness (QED) is 0.936. The lowest BCUT2D eigenvalue weighted by atomic mass is 10.1. The zero-order chi connectivity index (χ0) is 17.1. The monoisotopic (exact) mass is 333 g/mol. The molecule has 0 saturated carbocycles. The maximum Gasteiger partial charge on any atom is 0.409 e. The second kappa shape index (κ2) is 6.90. The molecule has 1 aliphatic rings. The topological polar surface area (TPSA) is 65.6 Å². The van der Waals surface area contributed by atoms with Gasteiger partial charge in [0.15, 0.2) is 0 Å². The molecule has 1 fully saturated rings. The molecule has 2 aromatic rings. The third kappa shape index (κ3) is 3.34. The molecule has 7 heteroatoms. The summed E-state index contributed by atoms with van der Waals surface area (Å²) in [5.74, 6) is -0.305. The number of ether oxygens (including phenoxy) is 1. The van der Waals surface area contributed by atoms with Crippen molar-refractivity contribution in [1.82, 2.24) is 14.8 Å². The van der Waals surface area contributed by atoms with Crippen molar-refractivity contribution in [2.24, 2.45) is 0 Å². The standard InChI is InChI=1S/C17H20FN3O3/c1-2-24-17(23)21-7-5-20(6-8-21)16(22)9-12-11-19-15-10-13(18)3-4-14(12)15/h3-4,10-11,19H,2,5-9H2,1H3. The van der Waals surface area contributed by atoms with Gasteiger partial charge in [0, 0.05) is 43.3 Å². The highest BCUT2D eigenvalue weighted by molar-refractivity contribution is 5.89. The summed E-state index contributed by atoms with van der Waals surface area (Å²) in [6.07, 6.45) is 1.67. The van der Waals surface area contributed by atoms with Gasteiger partial charge in [-0.1, -0.05) is 0 Å². The fourth-order valence-corrected chi connectivity index (χ4v) is 2.93. The van der Waals surface area contributed by atoms with Crippen LogP contribution in [0.5, 0.6) is 0 Å². The largest absolute Gasteiger partial charge is 0.450 e. The number of amides is 2. The highest BCUT2D eigenvalue weighted by Gasteiger charge is 2.25. The fraction of sp³-hybridized carbons (Fsp3) is 0.412. The molecule has 1 aliphatic heterocycles. The summed E-state index contributed by atoms with van der Waals surface area (Å²) in [6.45, 7) is 4.06. The molecule has 1 aromatic heterocycles. The van der Waals surface area contributed by atoms with Crippen molar-refractivity contribution in [3.63, 3.8) is 0 Å². The zero-order valence-corrected chi connectivity index (χ0v) is 13.5. The van der Waals surface area contributed by atoms with Crippen LogP contribution in [-0.2, 0) is 16.0 Å². The van der Waals surface area contributed by atoms with Crippen LogP contribution in [0, 0.1) is 5.82 Å². The van der Waals surface area contributed by atoms with E-state index in [4.69, 9.17) is 4.74 Å². The van der Waals surface area contributed by atoms with E-state index in [1.165, 1.54) is 12.1 Å². The van der Waals surface area contributed by atoms with Gasteiger partial charge < -0.3 is 19.5 Å². The molecular formula is C17H20FN3O3. The summed E-state index contributed by atoms with van der Waals surface area (Å²) < 4.78 is 18.2. The maximum absolute atomic E-state index is 13.2. The van der Waals surface area contributed by atoms with Gasteiger partial charge in [-0.2, -0.15) is 0 Å². The van der Waals surface area contributed by atoms with Gasteiger partial charge in [0.25, 0.3) is 0 Å². The van der Waals surface area contributed by atoms with Crippen LogP contribution in [-0.4, -0.2) is 59.6 Å². The summed E-state index contributed by atoms with van der Waals surface area (Å²) in [6, 6.07) is 4.49. The number of benzene rings is 1. The van der Waals surface area contributed by atoms with E-state index in [9.17, 15) is 14.0 Å². The third-order valence-corrected chi connectivity index (χ3v) is 4.23. The van der Waals surface area contributed by atoms with E-state index in [2.05, 4.69) is 4.98 Å². The van der Waals surface area contributed by atoms with Gasteiger partial charge in [0.05, 0.1) is 13.0 Å². The summed E-state index contributed by atoms with van der Waals surface area (Å²) in [4.78, 5) is 30.5. The fourth-order valence-electron chi connectivity index (χ4n) is 2.93. The highest BCUT2D eigenvalue weighted by atomic mass is 19.1. The number of rotatable bonds is 3. The van der Waals surface area contributed by atoms with Crippen LogP contribution in [0.25, 0.3) is 10.9 Å². The number of carbonyl (C=O) groups is 2. The Balaban J connectivity index is 1.60. The number of aromatic amines is 1. The molecule has 0 radical (unpaired) electrons. The normalized spacial score (nSPS) is 14.9. The number of fused-ring (bicyclic) bond motifs is 1. The van der Waals surface area contributed by atoms with Crippen LogP contribution < -0.4 is 0 Å². The van der Waals surface area contributed by atoms with E-state index < -0.39 is 0 Å². The van der Waals surface area contributed by atoms with Crippen molar-refractivity contribution < 1.29 is 18.7 Å². The molecule has 1 N–H and O–H groups in total. The van der Waals surface area contributed by atoms with Crippen molar-refractivity contribution in [2.45, 2.75) is 13.3 Å². The van der Waals surface area contributed by atoms with Crippen LogP contribution >= 0.6 is 0 Å². The number of hydrogen-bond acceptors (Lipinski definition) is 3. The van der Waals surface area contributed by atoms with Crippen LogP contribution in [0.3, 0.4) is 0 Å². The molecule has 2 heterocycles. The number of halogens is 1. The maximum atomic E-state index is 13.2. The zero-order valence-electron chi connectivity index (χ0n) is 13.5. The Kier molecular flexibility index (Phi) is 4.69. The second-order valence-electron chi connectivity index (χ2n) is 5.75. The molecule has 128 valence electrons. The van der Waals surface area contributed by atoms with Crippen LogP contribution in [0.2, 0.25) is 0 Å². The Bertz CT molecular complexity index is 751. The lowest BCUT2D eigenvalue weighted by Gasteiger charge is -2.34. The third-order valence-electron chi connectivity index (χ3n) is 4.23. The van der Waals surface area contributed by atoms with Gasteiger partial charge in [-0.15, -0.1) is 0 Å². The van der Waals surface area contributed by atoms with Crippen LogP contribution in [0.1, 0.15) is 12.5 Å². The summed E-state index contributed by atoms with van der Waals surface area (Å²) >= 11 is 0. The van der Waals surface area contributed by atoms with Crippen molar-refractivity contribution >= 4 is 22.9 Å². The SMILES string of the molecule is CCOC(=O)N1CCN(C(=O)Cc2c[nH]c3cc(F)ccc23)CC1. The first kappa shape index (κ1) is 16.3. The lowest BCUT2D eigenvalue weighted by Crippen LogP contribution is -2.51. The van der Waals surface area contributed by atoms with Crippen molar-refractivity contribution in [2.75, 3.05) is 32.8 Å². The Morgan fingerprint density at radius 2 is 1.92 bits per heavy atom. The van der Waals surface area contributed by atoms with Gasteiger partial charge in [0.2, 0.25) is 5.91 Å². The van der Waals surface area contributed by atoms with E-state index in [0.29, 0.717) is 38.3 Å². The Labute approximate surface area is 139 Å². The van der Waals surface area contributed by atoms with Gasteiger partial charge >= 0.3 is 6.09 Å². The molecule has 1 saturated heterocycles.